The van der Waals surface area contributed by atoms with Gasteiger partial charge >= 0.3 is 12.0 Å². The number of hydrogen-bond acceptors (Lipinski definition) is 3. The maximum absolute atomic E-state index is 11.4. The molecular weight excluding hydrogens is 238 g/mol. The summed E-state index contributed by atoms with van der Waals surface area (Å²) in [6.07, 6.45) is 0. The third-order valence-electron chi connectivity index (χ3n) is 2.52. The number of rotatable bonds is 6. The van der Waals surface area contributed by atoms with E-state index in [1.165, 1.54) is 4.90 Å². The lowest BCUT2D eigenvalue weighted by Crippen LogP contribution is -2.50. The molecule has 0 radical (unpaired) electrons. The molecule has 0 bridgehead atoms. The van der Waals surface area contributed by atoms with E-state index in [4.69, 9.17) is 5.11 Å². The minimum absolute atomic E-state index is 0.152. The molecule has 0 aliphatic rings. The van der Waals surface area contributed by atoms with Crippen molar-refractivity contribution in [1.82, 2.24) is 15.5 Å². The van der Waals surface area contributed by atoms with Crippen LogP contribution in [-0.4, -0.2) is 54.1 Å². The van der Waals surface area contributed by atoms with Gasteiger partial charge in [0.25, 0.3) is 0 Å². The van der Waals surface area contributed by atoms with Gasteiger partial charge in [0.2, 0.25) is 5.91 Å². The van der Waals surface area contributed by atoms with Crippen LogP contribution in [0.2, 0.25) is 0 Å². The van der Waals surface area contributed by atoms with Crippen molar-refractivity contribution in [2.45, 2.75) is 26.8 Å². The fourth-order valence-electron chi connectivity index (χ4n) is 1.17. The summed E-state index contributed by atoms with van der Waals surface area (Å²) in [6, 6.07) is -1.63. The molecule has 0 aromatic rings. The summed E-state index contributed by atoms with van der Waals surface area (Å²) in [5.74, 6) is -1.57. The number of carbonyl (C=O) groups is 3. The van der Waals surface area contributed by atoms with Crippen LogP contribution in [-0.2, 0) is 9.59 Å². The molecule has 0 saturated heterocycles. The fraction of sp³-hybridized carbons (Fsp3) is 0.727. The van der Waals surface area contributed by atoms with Crippen molar-refractivity contribution in [2.75, 3.05) is 20.1 Å². The Morgan fingerprint density at radius 3 is 2.22 bits per heavy atom. The van der Waals surface area contributed by atoms with E-state index in [9.17, 15) is 14.4 Å². The van der Waals surface area contributed by atoms with Crippen LogP contribution in [0.5, 0.6) is 0 Å². The van der Waals surface area contributed by atoms with Gasteiger partial charge in [-0.25, -0.2) is 9.59 Å². The van der Waals surface area contributed by atoms with Gasteiger partial charge < -0.3 is 20.6 Å². The maximum Gasteiger partial charge on any atom is 0.326 e. The minimum atomic E-state index is -1.10. The molecule has 0 spiro atoms. The van der Waals surface area contributed by atoms with E-state index in [2.05, 4.69) is 10.6 Å². The average Bonchev–Trinajstić information content (AvgIpc) is 2.30. The molecule has 0 unspecified atom stereocenters. The molecule has 3 N–H and O–H groups in total. The van der Waals surface area contributed by atoms with E-state index in [1.54, 1.807) is 20.9 Å². The van der Waals surface area contributed by atoms with Crippen molar-refractivity contribution in [3.8, 4) is 0 Å². The lowest BCUT2D eigenvalue weighted by molar-refractivity contribution is -0.140. The Morgan fingerprint density at radius 1 is 1.28 bits per heavy atom. The molecule has 0 saturated carbocycles. The summed E-state index contributed by atoms with van der Waals surface area (Å²) in [5.41, 5.74) is 0. The van der Waals surface area contributed by atoms with Crippen LogP contribution in [0.4, 0.5) is 4.79 Å². The van der Waals surface area contributed by atoms with Gasteiger partial charge in [-0.15, -0.1) is 0 Å². The van der Waals surface area contributed by atoms with Crippen LogP contribution < -0.4 is 10.6 Å². The quantitative estimate of drug-likeness (QED) is 0.619. The maximum atomic E-state index is 11.4. The van der Waals surface area contributed by atoms with Crippen LogP contribution in [0.3, 0.4) is 0 Å². The fourth-order valence-corrected chi connectivity index (χ4v) is 1.17. The second-order valence-electron chi connectivity index (χ2n) is 4.29. The third kappa shape index (κ3) is 5.51. The monoisotopic (exact) mass is 259 g/mol. The number of nitrogens with zero attached hydrogens (tertiary/aromatic N) is 1. The molecule has 0 rings (SSSR count). The van der Waals surface area contributed by atoms with E-state index in [0.29, 0.717) is 6.54 Å². The first-order valence-corrected chi connectivity index (χ1v) is 5.80. The summed E-state index contributed by atoms with van der Waals surface area (Å²) in [5, 5.41) is 13.5. The van der Waals surface area contributed by atoms with Crippen molar-refractivity contribution in [1.29, 1.82) is 0 Å². The first kappa shape index (κ1) is 16.2. The summed E-state index contributed by atoms with van der Waals surface area (Å²) < 4.78 is 0. The van der Waals surface area contributed by atoms with Gasteiger partial charge in [-0.05, 0) is 12.8 Å². The predicted molar refractivity (Wildman–Crippen MR) is 66.1 cm³/mol. The Balaban J connectivity index is 4.19. The Hall–Kier alpha value is -1.79. The van der Waals surface area contributed by atoms with E-state index in [-0.39, 0.29) is 18.4 Å². The average molecular weight is 259 g/mol. The second-order valence-corrected chi connectivity index (χ2v) is 4.29. The van der Waals surface area contributed by atoms with E-state index >= 15 is 0 Å². The zero-order chi connectivity index (χ0) is 14.3. The molecule has 3 amide bonds. The number of carboxylic acid groups (broad SMARTS) is 1. The van der Waals surface area contributed by atoms with Crippen molar-refractivity contribution < 1.29 is 19.5 Å². The van der Waals surface area contributed by atoms with E-state index in [1.807, 2.05) is 6.92 Å². The molecule has 1 atom stereocenters. The van der Waals surface area contributed by atoms with Gasteiger partial charge in [-0.3, -0.25) is 4.79 Å². The minimum Gasteiger partial charge on any atom is -0.480 e. The second kappa shape index (κ2) is 7.52. The summed E-state index contributed by atoms with van der Waals surface area (Å²) in [4.78, 5) is 35.1. The highest BCUT2D eigenvalue weighted by Crippen LogP contribution is 2.01. The summed E-state index contributed by atoms with van der Waals surface area (Å²) in [7, 11) is 1.62. The number of aliphatic carboxylic acids is 1. The number of urea groups is 1. The number of carbonyl (C=O) groups excluding carboxylic acids is 2. The molecule has 7 heteroatoms. The van der Waals surface area contributed by atoms with Gasteiger partial charge in [0.15, 0.2) is 0 Å². The summed E-state index contributed by atoms with van der Waals surface area (Å²) >= 11 is 0. The molecule has 0 heterocycles. The van der Waals surface area contributed by atoms with Gasteiger partial charge in [0.05, 0.1) is 6.54 Å². The van der Waals surface area contributed by atoms with Gasteiger partial charge in [-0.1, -0.05) is 13.8 Å². The topological polar surface area (TPSA) is 98.7 Å². The number of likely N-dealkylation sites (N-methyl/N-ethyl adjacent to an activating group) is 1. The zero-order valence-electron chi connectivity index (χ0n) is 11.2. The van der Waals surface area contributed by atoms with Crippen molar-refractivity contribution in [2.24, 2.45) is 5.92 Å². The molecule has 0 aliphatic heterocycles. The standard InChI is InChI=1S/C11H21N3O4/c1-5-14(4)8(15)6-12-11(18)13-9(7(2)3)10(16)17/h7,9H,5-6H2,1-4H3,(H,16,17)(H2,12,13,18)/t9-/m0/s1. The highest BCUT2D eigenvalue weighted by Gasteiger charge is 2.23. The van der Waals surface area contributed by atoms with Crippen LogP contribution in [0.15, 0.2) is 0 Å². The molecule has 7 nitrogen and oxygen atoms in total. The molecule has 18 heavy (non-hydrogen) atoms. The molecule has 0 aromatic heterocycles. The lowest BCUT2D eigenvalue weighted by Gasteiger charge is -2.19. The van der Waals surface area contributed by atoms with Crippen LogP contribution in [0, 0.1) is 5.92 Å². The smallest absolute Gasteiger partial charge is 0.326 e. The Bertz CT molecular complexity index is 317. The SMILES string of the molecule is CCN(C)C(=O)CNC(=O)N[C@H](C(=O)O)C(C)C. The Kier molecular flexibility index (Phi) is 6.77. The zero-order valence-corrected chi connectivity index (χ0v) is 11.2. The van der Waals surface area contributed by atoms with Gasteiger partial charge in [0, 0.05) is 13.6 Å². The predicted octanol–water partition coefficient (Wildman–Crippen LogP) is -0.127. The van der Waals surface area contributed by atoms with Crippen molar-refractivity contribution in [3.63, 3.8) is 0 Å². The van der Waals surface area contributed by atoms with E-state index < -0.39 is 18.0 Å². The molecular formula is C11H21N3O4. The Morgan fingerprint density at radius 2 is 1.83 bits per heavy atom. The van der Waals surface area contributed by atoms with Gasteiger partial charge in [-0.2, -0.15) is 0 Å². The van der Waals surface area contributed by atoms with E-state index in [0.717, 1.165) is 0 Å². The van der Waals surface area contributed by atoms with Gasteiger partial charge in [0.1, 0.15) is 6.04 Å². The van der Waals surface area contributed by atoms with Crippen molar-refractivity contribution >= 4 is 17.9 Å². The van der Waals surface area contributed by atoms with Crippen LogP contribution in [0.1, 0.15) is 20.8 Å². The normalized spacial score (nSPS) is 11.8. The number of hydrogen-bond donors (Lipinski definition) is 3. The highest BCUT2D eigenvalue weighted by molar-refractivity contribution is 5.86. The third-order valence-corrected chi connectivity index (χ3v) is 2.52. The highest BCUT2D eigenvalue weighted by atomic mass is 16.4. The van der Waals surface area contributed by atoms with Crippen LogP contribution >= 0.6 is 0 Å². The molecule has 0 aromatic carbocycles. The van der Waals surface area contributed by atoms with Crippen LogP contribution in [0.25, 0.3) is 0 Å². The first-order chi connectivity index (χ1) is 8.29. The number of amides is 3. The lowest BCUT2D eigenvalue weighted by atomic mass is 10.1. The molecule has 0 aliphatic carbocycles. The number of carboxylic acids is 1. The molecule has 104 valence electrons. The Labute approximate surface area is 107 Å². The largest absolute Gasteiger partial charge is 0.480 e. The number of nitrogens with one attached hydrogen (secondary N) is 2. The summed E-state index contributed by atoms with van der Waals surface area (Å²) in [6.45, 7) is 5.59. The first-order valence-electron chi connectivity index (χ1n) is 5.80. The van der Waals surface area contributed by atoms with Crippen molar-refractivity contribution in [3.05, 3.63) is 0 Å². The molecule has 0 fully saturated rings.